The Morgan fingerprint density at radius 1 is 1.30 bits per heavy atom. The van der Waals surface area contributed by atoms with Gasteiger partial charge in [-0.15, -0.1) is 0 Å². The van der Waals surface area contributed by atoms with Crippen molar-refractivity contribution in [3.63, 3.8) is 0 Å². The van der Waals surface area contributed by atoms with Gasteiger partial charge in [0.15, 0.2) is 4.90 Å². The van der Waals surface area contributed by atoms with Crippen molar-refractivity contribution in [3.8, 4) is 17.0 Å². The molecule has 0 radical (unpaired) electrons. The number of fused-ring (bicyclic) bond motifs is 1. The third kappa shape index (κ3) is 3.04. The first-order valence-corrected chi connectivity index (χ1v) is 9.21. The average Bonchev–Trinajstić information content (AvgIpc) is 3.28. The molecule has 27 heavy (non-hydrogen) atoms. The number of aromatic nitrogens is 5. The van der Waals surface area contributed by atoms with Crippen LogP contribution in [0, 0.1) is 0 Å². The Morgan fingerprint density at radius 3 is 2.85 bits per heavy atom. The van der Waals surface area contributed by atoms with Crippen LogP contribution in [0.4, 0.5) is 11.5 Å². The van der Waals surface area contributed by atoms with Gasteiger partial charge in [0.1, 0.15) is 23.5 Å². The Morgan fingerprint density at radius 2 is 2.15 bits per heavy atom. The summed E-state index contributed by atoms with van der Waals surface area (Å²) in [6, 6.07) is 6.66. The molecule has 0 aliphatic heterocycles. The Kier molecular flexibility index (Phi) is 4.34. The predicted molar refractivity (Wildman–Crippen MR) is 103 cm³/mol. The van der Waals surface area contributed by atoms with Crippen molar-refractivity contribution < 1.29 is 13.5 Å². The summed E-state index contributed by atoms with van der Waals surface area (Å²) in [5.74, 6) is 1.07. The van der Waals surface area contributed by atoms with Gasteiger partial charge in [-0.05, 0) is 18.2 Å². The van der Waals surface area contributed by atoms with Gasteiger partial charge in [-0.1, -0.05) is 4.21 Å². The maximum atomic E-state index is 11.5. The predicted octanol–water partition coefficient (Wildman–Crippen LogP) is 2.64. The van der Waals surface area contributed by atoms with Crippen molar-refractivity contribution in [2.75, 3.05) is 12.4 Å². The zero-order valence-corrected chi connectivity index (χ0v) is 15.4. The van der Waals surface area contributed by atoms with Crippen molar-refractivity contribution in [1.29, 1.82) is 0 Å². The van der Waals surface area contributed by atoms with E-state index in [-0.39, 0.29) is 0 Å². The number of benzene rings is 1. The topological polar surface area (TPSA) is 118 Å². The number of H-pyrrole nitrogens is 1. The minimum absolute atomic E-state index is 0.291. The molecule has 4 rings (SSSR count). The lowest BCUT2D eigenvalue weighted by Crippen LogP contribution is -2.00. The number of hydrogen-bond acceptors (Lipinski definition) is 6. The molecular formula is C17H17N6O3S+. The van der Waals surface area contributed by atoms with Gasteiger partial charge in [-0.2, -0.15) is 9.65 Å². The molecule has 0 saturated carbocycles. The van der Waals surface area contributed by atoms with Crippen molar-refractivity contribution in [2.24, 2.45) is 7.05 Å². The fourth-order valence-corrected chi connectivity index (χ4v) is 3.38. The van der Waals surface area contributed by atoms with Crippen LogP contribution in [0.5, 0.6) is 5.75 Å². The highest BCUT2D eigenvalue weighted by Gasteiger charge is 2.17. The summed E-state index contributed by atoms with van der Waals surface area (Å²) in [4.78, 5) is 12.1. The van der Waals surface area contributed by atoms with Gasteiger partial charge in [-0.25, -0.2) is 9.97 Å². The van der Waals surface area contributed by atoms with Gasteiger partial charge < -0.3 is 15.0 Å². The lowest BCUT2D eigenvalue weighted by molar-refractivity contribution is 0.416. The van der Waals surface area contributed by atoms with Crippen LogP contribution in [0.2, 0.25) is 0 Å². The van der Waals surface area contributed by atoms with Crippen LogP contribution in [0.1, 0.15) is 0 Å². The summed E-state index contributed by atoms with van der Waals surface area (Å²) in [5, 5.41) is 8.20. The summed E-state index contributed by atoms with van der Waals surface area (Å²) in [7, 11) is 3.39. The van der Waals surface area contributed by atoms with E-state index in [2.05, 4.69) is 25.4 Å². The Bertz CT molecular complexity index is 1150. The molecule has 3 N–H and O–H groups in total. The average molecular weight is 385 g/mol. The highest BCUT2D eigenvalue weighted by Crippen LogP contribution is 2.35. The van der Waals surface area contributed by atoms with Crippen LogP contribution < -0.4 is 10.1 Å². The number of thiol groups is 1. The largest absolute Gasteiger partial charge is 0.495 e. The molecule has 0 bridgehead atoms. The number of nitrogens with zero attached hydrogens (tertiary/aromatic N) is 4. The lowest BCUT2D eigenvalue weighted by atomic mass is 10.1. The molecule has 0 saturated heterocycles. The van der Waals surface area contributed by atoms with Crippen LogP contribution in [-0.2, 0) is 22.3 Å². The number of aromatic amines is 1. The molecule has 9 nitrogen and oxygen atoms in total. The maximum Gasteiger partial charge on any atom is 0.235 e. The maximum absolute atomic E-state index is 11.5. The zero-order chi connectivity index (χ0) is 19.0. The zero-order valence-electron chi connectivity index (χ0n) is 14.5. The molecule has 10 heteroatoms. The monoisotopic (exact) mass is 385 g/mol. The second-order valence-electron chi connectivity index (χ2n) is 5.77. The molecule has 138 valence electrons. The minimum Gasteiger partial charge on any atom is -0.495 e. The second-order valence-corrected chi connectivity index (χ2v) is 6.83. The summed E-state index contributed by atoms with van der Waals surface area (Å²) < 4.78 is 28.0. The molecule has 3 heterocycles. The SMILES string of the molecule is COc1ccc([SH+](=O)O)cc1Nc1ncnc2[nH]cc(-c3ccnn3C)c12. The number of methoxy groups -OCH3 is 1. The van der Waals surface area contributed by atoms with Crippen LogP contribution >= 0.6 is 0 Å². The first-order chi connectivity index (χ1) is 13.1. The van der Waals surface area contributed by atoms with E-state index in [0.717, 1.165) is 16.6 Å². The Hall–Kier alpha value is -3.24. The van der Waals surface area contributed by atoms with Gasteiger partial charge >= 0.3 is 0 Å². The van der Waals surface area contributed by atoms with E-state index < -0.39 is 11.1 Å². The summed E-state index contributed by atoms with van der Waals surface area (Å²) in [6.07, 6.45) is 5.01. The van der Waals surface area contributed by atoms with Gasteiger partial charge in [0.25, 0.3) is 0 Å². The molecule has 4 aromatic rings. The Labute approximate surface area is 156 Å². The van der Waals surface area contributed by atoms with Crippen LogP contribution in [-0.4, -0.2) is 36.4 Å². The summed E-state index contributed by atoms with van der Waals surface area (Å²) >= 11 is -2.47. The van der Waals surface area contributed by atoms with E-state index in [0.29, 0.717) is 27.8 Å². The fraction of sp³-hybridized carbons (Fsp3) is 0.118. The van der Waals surface area contributed by atoms with Crippen molar-refractivity contribution >= 4 is 33.6 Å². The number of anilines is 2. The second kappa shape index (κ2) is 6.82. The third-order valence-electron chi connectivity index (χ3n) is 4.22. The highest BCUT2D eigenvalue weighted by atomic mass is 32.2. The van der Waals surface area contributed by atoms with Crippen LogP contribution in [0.25, 0.3) is 22.3 Å². The van der Waals surface area contributed by atoms with Crippen molar-refractivity contribution in [1.82, 2.24) is 24.7 Å². The van der Waals surface area contributed by atoms with Crippen LogP contribution in [0.3, 0.4) is 0 Å². The first-order valence-electron chi connectivity index (χ1n) is 8.00. The van der Waals surface area contributed by atoms with E-state index in [4.69, 9.17) is 4.74 Å². The van der Waals surface area contributed by atoms with E-state index in [1.165, 1.54) is 13.4 Å². The number of hydrogen-bond donors (Lipinski definition) is 3. The Balaban J connectivity index is 1.86. The van der Waals surface area contributed by atoms with E-state index in [1.807, 2.05) is 19.3 Å². The van der Waals surface area contributed by atoms with Gasteiger partial charge in [-0.3, -0.25) is 4.68 Å². The molecule has 1 atom stereocenters. The third-order valence-corrected chi connectivity index (χ3v) is 4.94. The molecule has 0 aliphatic carbocycles. The van der Waals surface area contributed by atoms with Gasteiger partial charge in [0.2, 0.25) is 11.1 Å². The minimum atomic E-state index is -2.47. The van der Waals surface area contributed by atoms with E-state index in [9.17, 15) is 8.76 Å². The molecular weight excluding hydrogens is 368 g/mol. The van der Waals surface area contributed by atoms with E-state index in [1.54, 1.807) is 29.1 Å². The van der Waals surface area contributed by atoms with Crippen LogP contribution in [0.15, 0.2) is 47.9 Å². The molecule has 3 aromatic heterocycles. The van der Waals surface area contributed by atoms with Crippen molar-refractivity contribution in [2.45, 2.75) is 4.90 Å². The molecule has 0 aliphatic rings. The highest BCUT2D eigenvalue weighted by molar-refractivity contribution is 7.79. The smallest absolute Gasteiger partial charge is 0.235 e. The number of aryl methyl sites for hydroxylation is 1. The van der Waals surface area contributed by atoms with Gasteiger partial charge in [0, 0.05) is 31.1 Å². The number of nitrogens with one attached hydrogen (secondary N) is 2. The molecule has 0 amide bonds. The lowest BCUT2D eigenvalue weighted by Gasteiger charge is -2.12. The summed E-state index contributed by atoms with van der Waals surface area (Å²) in [5.41, 5.74) is 2.98. The number of rotatable bonds is 5. The quantitative estimate of drug-likeness (QED) is 0.357. The molecule has 0 fully saturated rings. The normalized spacial score (nSPS) is 12.3. The molecule has 0 spiro atoms. The first kappa shape index (κ1) is 17.2. The molecule has 1 aromatic carbocycles. The van der Waals surface area contributed by atoms with Gasteiger partial charge in [0.05, 0.1) is 23.9 Å². The van der Waals surface area contributed by atoms with Crippen molar-refractivity contribution in [3.05, 3.63) is 43.0 Å². The standard InChI is InChI=1S/C17H16N6O3S/c1-23-13(5-6-21-23)11-8-18-16-15(11)17(20-9-19-16)22-12-7-10(27(24)25)3-4-14(12)26-2/h3-9H,1-2H3,(H,24,25)(H2,18,19,20,22)/p+1. The summed E-state index contributed by atoms with van der Waals surface area (Å²) in [6.45, 7) is 0. The molecule has 1 unspecified atom stereocenters. The fourth-order valence-electron chi connectivity index (χ4n) is 2.94. The number of ether oxygens (including phenoxy) is 1. The van der Waals surface area contributed by atoms with E-state index >= 15 is 0 Å².